The minimum Gasteiger partial charge on any atom is -0.294 e. The van der Waals surface area contributed by atoms with Crippen LogP contribution in [0.2, 0.25) is 0 Å². The first kappa shape index (κ1) is 22.1. The van der Waals surface area contributed by atoms with Gasteiger partial charge in [0.1, 0.15) is 5.65 Å². The number of benzene rings is 2. The largest absolute Gasteiger partial charge is 0.327 e. The molecule has 0 radical (unpaired) electrons. The van der Waals surface area contributed by atoms with Crippen molar-refractivity contribution in [3.63, 3.8) is 0 Å². The molecule has 2 aromatic carbocycles. The maximum Gasteiger partial charge on any atom is 0.327 e. The number of nitrogens with zero attached hydrogens (tertiary/aromatic N) is 3. The normalized spacial score (nSPS) is 14.4. The fraction of sp³-hybridized carbons (Fsp3) is 0.190. The summed E-state index contributed by atoms with van der Waals surface area (Å²) in [7, 11) is -9.42. The Hall–Kier alpha value is -3.71. The summed E-state index contributed by atoms with van der Waals surface area (Å²) in [6.45, 7) is 0.177. The molecule has 0 aliphatic heterocycles. The molecule has 1 fully saturated rings. The second-order valence-corrected chi connectivity index (χ2v) is 11.7. The van der Waals surface area contributed by atoms with Crippen molar-refractivity contribution in [1.29, 1.82) is 0 Å². The van der Waals surface area contributed by atoms with Crippen molar-refractivity contribution >= 4 is 37.2 Å². The standard InChI is InChI=1S/C21H19N5O6S2/c27-19-17-18(23-20(28)24-19)25(13-14-11-12-14)21(22-17)26(33(29,30)15-7-3-1-4-8-15)34(31,32)16-9-5-2-6-10-16/h1-10,14H,11-13H2,(H2,23,24,27,28). The lowest BCUT2D eigenvalue weighted by Gasteiger charge is -2.24. The third-order valence-electron chi connectivity index (χ3n) is 5.44. The van der Waals surface area contributed by atoms with E-state index in [0.717, 1.165) is 12.8 Å². The molecule has 1 aliphatic carbocycles. The molecule has 4 aromatic rings. The highest BCUT2D eigenvalue weighted by Crippen LogP contribution is 2.36. The molecule has 176 valence electrons. The molecule has 0 bridgehead atoms. The van der Waals surface area contributed by atoms with Gasteiger partial charge in [0.25, 0.3) is 25.6 Å². The highest BCUT2D eigenvalue weighted by Gasteiger charge is 2.41. The third kappa shape index (κ3) is 3.72. The van der Waals surface area contributed by atoms with E-state index in [-0.39, 0.29) is 37.1 Å². The first-order valence-corrected chi connectivity index (χ1v) is 13.2. The number of aromatic nitrogens is 4. The number of aromatic amines is 2. The number of hydrogen-bond acceptors (Lipinski definition) is 7. The smallest absolute Gasteiger partial charge is 0.294 e. The van der Waals surface area contributed by atoms with E-state index in [2.05, 4.69) is 9.97 Å². The highest BCUT2D eigenvalue weighted by molar-refractivity contribution is 8.10. The van der Waals surface area contributed by atoms with Gasteiger partial charge in [-0.1, -0.05) is 36.4 Å². The molecule has 0 saturated heterocycles. The number of hydrogen-bond donors (Lipinski definition) is 2. The number of H-pyrrole nitrogens is 2. The SMILES string of the molecule is O=c1[nH]c(=O)c2nc(N(S(=O)(=O)c3ccccc3)S(=O)(=O)c3ccccc3)n(CC3CC3)c2[nH]1. The lowest BCUT2D eigenvalue weighted by molar-refractivity contribution is 0.578. The zero-order valence-corrected chi connectivity index (χ0v) is 19.2. The minimum absolute atomic E-state index is 0.0489. The Balaban J connectivity index is 1.86. The molecule has 0 amide bonds. The molecule has 1 aliphatic rings. The summed E-state index contributed by atoms with van der Waals surface area (Å²) in [4.78, 5) is 32.5. The number of sulfonamides is 2. The van der Waals surface area contributed by atoms with Gasteiger partial charge in [-0.15, -0.1) is 3.71 Å². The van der Waals surface area contributed by atoms with Gasteiger partial charge in [-0.05, 0) is 43.0 Å². The number of rotatable bonds is 7. The van der Waals surface area contributed by atoms with Gasteiger partial charge in [0.05, 0.1) is 9.79 Å². The summed E-state index contributed by atoms with van der Waals surface area (Å²) in [5.74, 6) is -0.374. The lowest BCUT2D eigenvalue weighted by Crippen LogP contribution is -2.39. The summed E-state index contributed by atoms with van der Waals surface area (Å²) >= 11 is 0. The maximum absolute atomic E-state index is 13.8. The van der Waals surface area contributed by atoms with Crippen LogP contribution in [0.25, 0.3) is 11.2 Å². The van der Waals surface area contributed by atoms with Gasteiger partial charge in [0.15, 0.2) is 5.52 Å². The molecule has 11 nitrogen and oxygen atoms in total. The van der Waals surface area contributed by atoms with E-state index >= 15 is 0 Å². The van der Waals surface area contributed by atoms with Crippen LogP contribution in [0.5, 0.6) is 0 Å². The summed E-state index contributed by atoms with van der Waals surface area (Å²) in [6, 6.07) is 14.1. The zero-order valence-electron chi connectivity index (χ0n) is 17.6. The molecular weight excluding hydrogens is 482 g/mol. The third-order valence-corrected chi connectivity index (χ3v) is 9.55. The van der Waals surface area contributed by atoms with Gasteiger partial charge in [-0.3, -0.25) is 19.3 Å². The van der Waals surface area contributed by atoms with Crippen molar-refractivity contribution in [2.24, 2.45) is 5.92 Å². The lowest BCUT2D eigenvalue weighted by atomic mass is 10.4. The Bertz CT molecular complexity index is 1630. The van der Waals surface area contributed by atoms with E-state index in [1.54, 1.807) is 12.1 Å². The average molecular weight is 502 g/mol. The fourth-order valence-electron chi connectivity index (χ4n) is 3.62. The van der Waals surface area contributed by atoms with Crippen molar-refractivity contribution in [3.8, 4) is 0 Å². The molecule has 34 heavy (non-hydrogen) atoms. The van der Waals surface area contributed by atoms with Crippen LogP contribution in [0.1, 0.15) is 12.8 Å². The van der Waals surface area contributed by atoms with Crippen LogP contribution in [0.4, 0.5) is 5.95 Å². The van der Waals surface area contributed by atoms with E-state index in [0.29, 0.717) is 0 Å². The Morgan fingerprint density at radius 1 is 0.853 bits per heavy atom. The van der Waals surface area contributed by atoms with Gasteiger partial charge in [-0.25, -0.2) is 9.78 Å². The Morgan fingerprint density at radius 2 is 1.38 bits per heavy atom. The van der Waals surface area contributed by atoms with E-state index in [9.17, 15) is 26.4 Å². The van der Waals surface area contributed by atoms with Gasteiger partial charge in [-0.2, -0.15) is 16.8 Å². The Kier molecular flexibility index (Phi) is 5.17. The van der Waals surface area contributed by atoms with E-state index in [1.807, 2.05) is 4.98 Å². The fourth-order valence-corrected chi connectivity index (χ4v) is 7.26. The topological polar surface area (TPSA) is 155 Å². The molecule has 5 rings (SSSR count). The van der Waals surface area contributed by atoms with Crippen LogP contribution in [-0.2, 0) is 26.6 Å². The molecule has 0 unspecified atom stereocenters. The molecule has 2 aromatic heterocycles. The number of anilines is 1. The Labute approximate surface area is 193 Å². The quantitative estimate of drug-likeness (QED) is 0.388. The van der Waals surface area contributed by atoms with Crippen molar-refractivity contribution in [1.82, 2.24) is 19.5 Å². The summed E-state index contributed by atoms with van der Waals surface area (Å²) in [6.07, 6.45) is 1.67. The molecule has 2 heterocycles. The predicted octanol–water partition coefficient (Wildman–Crippen LogP) is 1.41. The van der Waals surface area contributed by atoms with E-state index in [4.69, 9.17) is 0 Å². The predicted molar refractivity (Wildman–Crippen MR) is 123 cm³/mol. The molecule has 0 atom stereocenters. The zero-order chi connectivity index (χ0) is 24.1. The van der Waals surface area contributed by atoms with Crippen molar-refractivity contribution < 1.29 is 16.8 Å². The molecule has 1 saturated carbocycles. The van der Waals surface area contributed by atoms with Gasteiger partial charge < -0.3 is 0 Å². The Morgan fingerprint density at radius 3 is 1.88 bits per heavy atom. The average Bonchev–Trinajstić information content (AvgIpc) is 3.57. The van der Waals surface area contributed by atoms with Gasteiger partial charge in [0.2, 0.25) is 5.95 Å². The number of nitrogens with one attached hydrogen (secondary N) is 2. The van der Waals surface area contributed by atoms with Crippen LogP contribution in [0, 0.1) is 5.92 Å². The molecule has 0 spiro atoms. The van der Waals surface area contributed by atoms with Crippen LogP contribution in [-0.4, -0.2) is 36.4 Å². The number of fused-ring (bicyclic) bond motifs is 1. The van der Waals surface area contributed by atoms with E-state index in [1.165, 1.54) is 53.1 Å². The van der Waals surface area contributed by atoms with Crippen molar-refractivity contribution in [3.05, 3.63) is 81.5 Å². The summed E-state index contributed by atoms with van der Waals surface area (Å²) < 4.78 is 56.6. The highest BCUT2D eigenvalue weighted by atomic mass is 32.3. The number of imidazole rings is 1. The van der Waals surface area contributed by atoms with E-state index < -0.39 is 37.2 Å². The second-order valence-electron chi connectivity index (χ2n) is 7.90. The van der Waals surface area contributed by atoms with Gasteiger partial charge in [0, 0.05) is 6.54 Å². The van der Waals surface area contributed by atoms with Crippen LogP contribution in [0.15, 0.2) is 80.0 Å². The second kappa shape index (κ2) is 7.95. The maximum atomic E-state index is 13.8. The summed E-state index contributed by atoms with van der Waals surface area (Å²) in [5.41, 5.74) is -1.99. The molecule has 2 N–H and O–H groups in total. The minimum atomic E-state index is -4.71. The first-order valence-electron chi connectivity index (χ1n) is 10.3. The van der Waals surface area contributed by atoms with Crippen LogP contribution in [0.3, 0.4) is 0 Å². The van der Waals surface area contributed by atoms with Crippen LogP contribution < -0.4 is 15.0 Å². The summed E-state index contributed by atoms with van der Waals surface area (Å²) in [5, 5.41) is 0. The van der Waals surface area contributed by atoms with Crippen molar-refractivity contribution in [2.75, 3.05) is 3.71 Å². The van der Waals surface area contributed by atoms with Crippen molar-refractivity contribution in [2.45, 2.75) is 29.2 Å². The molecular formula is C21H19N5O6S2. The van der Waals surface area contributed by atoms with Crippen LogP contribution >= 0.6 is 0 Å². The monoisotopic (exact) mass is 501 g/mol. The first-order chi connectivity index (χ1) is 16.2. The van der Waals surface area contributed by atoms with Gasteiger partial charge >= 0.3 is 5.69 Å². The molecule has 13 heteroatoms.